The number of esters is 2. The van der Waals surface area contributed by atoms with Crippen molar-refractivity contribution in [3.63, 3.8) is 0 Å². The summed E-state index contributed by atoms with van der Waals surface area (Å²) < 4.78 is 9.09. The zero-order chi connectivity index (χ0) is 12.6. The van der Waals surface area contributed by atoms with Crippen LogP contribution in [0, 0.1) is 29.1 Å². The molecule has 0 rings (SSSR count). The molecule has 0 aromatic rings. The molecule has 0 aliphatic carbocycles. The van der Waals surface area contributed by atoms with Crippen molar-refractivity contribution in [3.05, 3.63) is 0 Å². The third-order valence-corrected chi connectivity index (χ3v) is 1.75. The molecule has 0 unspecified atom stereocenters. The summed E-state index contributed by atoms with van der Waals surface area (Å²) in [5.74, 6) is 8.47. The Hall–Kier alpha value is -1.94. The van der Waals surface area contributed by atoms with Crippen LogP contribution in [0.3, 0.4) is 0 Å². The molecule has 0 spiro atoms. The first-order valence-electron chi connectivity index (χ1n) is 4.69. The predicted molar refractivity (Wildman–Crippen MR) is 58.0 cm³/mol. The highest BCUT2D eigenvalue weighted by molar-refractivity contribution is 6.07. The van der Waals surface area contributed by atoms with Crippen molar-refractivity contribution in [2.24, 2.45) is 5.41 Å². The first kappa shape index (κ1) is 14.1. The van der Waals surface area contributed by atoms with E-state index < -0.39 is 17.4 Å². The molecule has 16 heavy (non-hydrogen) atoms. The van der Waals surface area contributed by atoms with Gasteiger partial charge in [0, 0.05) is 6.42 Å². The van der Waals surface area contributed by atoms with Crippen LogP contribution in [-0.2, 0) is 19.1 Å². The molecule has 0 aromatic heterocycles. The third kappa shape index (κ3) is 2.77. The van der Waals surface area contributed by atoms with Gasteiger partial charge in [0.1, 0.15) is 0 Å². The second-order valence-electron chi connectivity index (χ2n) is 2.76. The van der Waals surface area contributed by atoms with Crippen LogP contribution >= 0.6 is 0 Å². The molecule has 0 heterocycles. The van der Waals surface area contributed by atoms with E-state index in [-0.39, 0.29) is 0 Å². The van der Waals surface area contributed by atoms with Crippen LogP contribution in [0.4, 0.5) is 0 Å². The Kier molecular flexibility index (Phi) is 5.74. The Bertz CT molecular complexity index is 371. The SMILES string of the molecule is CC#CC(C#CCC)(C(=O)OC)C(=O)OC. The van der Waals surface area contributed by atoms with E-state index in [2.05, 4.69) is 33.2 Å². The summed E-state index contributed by atoms with van der Waals surface area (Å²) in [5.41, 5.74) is -1.83. The monoisotopic (exact) mass is 222 g/mol. The molecule has 0 radical (unpaired) electrons. The minimum absolute atomic E-state index is 0.501. The number of carbonyl (C=O) groups excluding carboxylic acids is 2. The van der Waals surface area contributed by atoms with Gasteiger partial charge in [-0.2, -0.15) is 0 Å². The summed E-state index contributed by atoms with van der Waals surface area (Å²) in [6.07, 6.45) is 0.501. The van der Waals surface area contributed by atoms with Crippen molar-refractivity contribution < 1.29 is 19.1 Å². The number of carbonyl (C=O) groups is 2. The normalized spacial score (nSPS) is 9.00. The van der Waals surface area contributed by atoms with Gasteiger partial charge in [-0.15, -0.1) is 11.8 Å². The maximum absolute atomic E-state index is 11.6. The molecule has 0 aliphatic heterocycles. The number of ether oxygens (including phenoxy) is 2. The average molecular weight is 222 g/mol. The molecule has 0 bridgehead atoms. The van der Waals surface area contributed by atoms with Gasteiger partial charge in [-0.05, 0) is 6.92 Å². The third-order valence-electron chi connectivity index (χ3n) is 1.75. The molecule has 0 fully saturated rings. The molecule has 4 nitrogen and oxygen atoms in total. The fraction of sp³-hybridized carbons (Fsp3) is 0.500. The van der Waals surface area contributed by atoms with Crippen molar-refractivity contribution in [2.45, 2.75) is 20.3 Å². The van der Waals surface area contributed by atoms with E-state index in [0.717, 1.165) is 0 Å². The van der Waals surface area contributed by atoms with Crippen molar-refractivity contribution in [1.29, 1.82) is 0 Å². The van der Waals surface area contributed by atoms with Crippen molar-refractivity contribution in [2.75, 3.05) is 14.2 Å². The van der Waals surface area contributed by atoms with E-state index in [9.17, 15) is 9.59 Å². The highest BCUT2D eigenvalue weighted by atomic mass is 16.5. The maximum Gasteiger partial charge on any atom is 0.348 e. The molecule has 0 aromatic carbocycles. The van der Waals surface area contributed by atoms with E-state index in [0.29, 0.717) is 6.42 Å². The minimum Gasteiger partial charge on any atom is -0.467 e. The average Bonchev–Trinajstić information content (AvgIpc) is 2.32. The number of methoxy groups -OCH3 is 2. The molecular weight excluding hydrogens is 208 g/mol. The summed E-state index contributed by atoms with van der Waals surface area (Å²) in [6, 6.07) is 0. The van der Waals surface area contributed by atoms with Gasteiger partial charge in [-0.3, -0.25) is 0 Å². The van der Waals surface area contributed by atoms with Crippen LogP contribution < -0.4 is 0 Å². The first-order valence-corrected chi connectivity index (χ1v) is 4.69. The fourth-order valence-corrected chi connectivity index (χ4v) is 1.03. The lowest BCUT2D eigenvalue weighted by Gasteiger charge is -2.16. The van der Waals surface area contributed by atoms with Gasteiger partial charge < -0.3 is 9.47 Å². The molecule has 0 saturated heterocycles. The second kappa shape index (κ2) is 6.53. The van der Waals surface area contributed by atoms with E-state index in [1.54, 1.807) is 6.92 Å². The standard InChI is InChI=1S/C12H14O4/c1-5-7-9-12(8-6-2,10(13)15-3)11(14)16-4/h5H2,1-4H3. The van der Waals surface area contributed by atoms with Gasteiger partial charge in [-0.25, -0.2) is 9.59 Å². The van der Waals surface area contributed by atoms with E-state index in [1.807, 2.05) is 0 Å². The van der Waals surface area contributed by atoms with E-state index in [4.69, 9.17) is 0 Å². The van der Waals surface area contributed by atoms with E-state index in [1.165, 1.54) is 21.1 Å². The van der Waals surface area contributed by atoms with Crippen molar-refractivity contribution in [1.82, 2.24) is 0 Å². The summed E-state index contributed by atoms with van der Waals surface area (Å²) in [4.78, 5) is 23.2. The molecule has 0 N–H and O–H groups in total. The topological polar surface area (TPSA) is 52.6 Å². The Morgan fingerprint density at radius 1 is 1.12 bits per heavy atom. The molecule has 86 valence electrons. The molecule has 0 atom stereocenters. The Morgan fingerprint density at radius 3 is 1.94 bits per heavy atom. The Balaban J connectivity index is 5.64. The quantitative estimate of drug-likeness (QED) is 0.393. The lowest BCUT2D eigenvalue weighted by Crippen LogP contribution is -2.39. The smallest absolute Gasteiger partial charge is 0.348 e. The zero-order valence-corrected chi connectivity index (χ0v) is 9.84. The highest BCUT2D eigenvalue weighted by Gasteiger charge is 2.46. The molecular formula is C12H14O4. The van der Waals surface area contributed by atoms with Crippen LogP contribution in [0.25, 0.3) is 0 Å². The number of rotatable bonds is 2. The molecule has 4 heteroatoms. The summed E-state index contributed by atoms with van der Waals surface area (Å²) in [7, 11) is 2.34. The van der Waals surface area contributed by atoms with Gasteiger partial charge in [0.05, 0.1) is 14.2 Å². The van der Waals surface area contributed by atoms with Crippen LogP contribution in [0.2, 0.25) is 0 Å². The maximum atomic E-state index is 11.6. The number of hydrogen-bond donors (Lipinski definition) is 0. The van der Waals surface area contributed by atoms with Crippen LogP contribution in [0.5, 0.6) is 0 Å². The molecule has 0 amide bonds. The Morgan fingerprint density at radius 2 is 1.62 bits per heavy atom. The van der Waals surface area contributed by atoms with Crippen molar-refractivity contribution in [3.8, 4) is 23.7 Å². The predicted octanol–water partition coefficient (Wildman–Crippen LogP) is 0.756. The summed E-state index contributed by atoms with van der Waals surface area (Å²) in [6.45, 7) is 3.31. The molecule has 0 aliphatic rings. The van der Waals surface area contributed by atoms with Gasteiger partial charge in [0.15, 0.2) is 0 Å². The number of hydrogen-bond acceptors (Lipinski definition) is 4. The second-order valence-corrected chi connectivity index (χ2v) is 2.76. The Labute approximate surface area is 95.3 Å². The van der Waals surface area contributed by atoms with Crippen LogP contribution in [0.1, 0.15) is 20.3 Å². The first-order chi connectivity index (χ1) is 7.58. The van der Waals surface area contributed by atoms with Crippen LogP contribution in [-0.4, -0.2) is 26.2 Å². The fourth-order valence-electron chi connectivity index (χ4n) is 1.03. The van der Waals surface area contributed by atoms with Crippen molar-refractivity contribution >= 4 is 11.9 Å². The summed E-state index contributed by atoms with van der Waals surface area (Å²) >= 11 is 0. The zero-order valence-electron chi connectivity index (χ0n) is 9.84. The van der Waals surface area contributed by atoms with Gasteiger partial charge in [-0.1, -0.05) is 18.8 Å². The lowest BCUT2D eigenvalue weighted by atomic mass is 9.89. The van der Waals surface area contributed by atoms with E-state index >= 15 is 0 Å². The largest absolute Gasteiger partial charge is 0.467 e. The van der Waals surface area contributed by atoms with Gasteiger partial charge in [0.25, 0.3) is 5.41 Å². The summed E-state index contributed by atoms with van der Waals surface area (Å²) in [5, 5.41) is 0. The lowest BCUT2D eigenvalue weighted by molar-refractivity contribution is -0.160. The highest BCUT2D eigenvalue weighted by Crippen LogP contribution is 2.19. The molecule has 0 saturated carbocycles. The minimum atomic E-state index is -1.83. The van der Waals surface area contributed by atoms with Gasteiger partial charge in [0.2, 0.25) is 0 Å². The van der Waals surface area contributed by atoms with Crippen LogP contribution in [0.15, 0.2) is 0 Å². The van der Waals surface area contributed by atoms with Gasteiger partial charge >= 0.3 is 11.9 Å².